The maximum Gasteiger partial charge on any atom is 0.0695 e. The van der Waals surface area contributed by atoms with Crippen LogP contribution in [0.5, 0.6) is 0 Å². The zero-order valence-electron chi connectivity index (χ0n) is 8.15. The zero-order valence-corrected chi connectivity index (χ0v) is 8.15. The quantitative estimate of drug-likeness (QED) is 0.651. The van der Waals surface area contributed by atoms with Gasteiger partial charge >= 0.3 is 0 Å². The van der Waals surface area contributed by atoms with Gasteiger partial charge in [0.1, 0.15) is 0 Å². The molecule has 0 aromatic carbocycles. The molecule has 0 aromatic heterocycles. The van der Waals surface area contributed by atoms with E-state index in [-0.39, 0.29) is 6.10 Å². The largest absolute Gasteiger partial charge is 0.391 e. The summed E-state index contributed by atoms with van der Waals surface area (Å²) in [5.41, 5.74) is 0. The molecule has 1 aliphatic rings. The van der Waals surface area contributed by atoms with E-state index in [0.29, 0.717) is 6.04 Å². The molecule has 2 unspecified atom stereocenters. The van der Waals surface area contributed by atoms with Gasteiger partial charge in [0, 0.05) is 19.1 Å². The minimum absolute atomic E-state index is 0.153. The fraction of sp³-hybridized carbons (Fsp3) is 0.636. The molecule has 2 nitrogen and oxygen atoms in total. The van der Waals surface area contributed by atoms with Crippen LogP contribution in [0.1, 0.15) is 19.3 Å². The highest BCUT2D eigenvalue weighted by atomic mass is 16.3. The van der Waals surface area contributed by atoms with Gasteiger partial charge in [0.15, 0.2) is 0 Å². The summed E-state index contributed by atoms with van der Waals surface area (Å²) in [4.78, 5) is 2.23. The smallest absolute Gasteiger partial charge is 0.0695 e. The number of hydrogen-bond acceptors (Lipinski definition) is 2. The van der Waals surface area contributed by atoms with Crippen molar-refractivity contribution in [3.05, 3.63) is 25.3 Å². The third-order valence-electron chi connectivity index (χ3n) is 2.64. The normalized spacial score (nSPS) is 27.8. The minimum Gasteiger partial charge on any atom is -0.391 e. The average Bonchev–Trinajstić information content (AvgIpc) is 2.51. The Morgan fingerprint density at radius 2 is 1.85 bits per heavy atom. The van der Waals surface area contributed by atoms with E-state index in [1.54, 1.807) is 0 Å². The van der Waals surface area contributed by atoms with Crippen LogP contribution in [0.4, 0.5) is 0 Å². The first-order valence-electron chi connectivity index (χ1n) is 4.93. The lowest BCUT2D eigenvalue weighted by Crippen LogP contribution is -2.40. The van der Waals surface area contributed by atoms with Gasteiger partial charge in [0.05, 0.1) is 6.10 Å². The van der Waals surface area contributed by atoms with Crippen molar-refractivity contribution in [1.82, 2.24) is 4.90 Å². The number of hydrogen-bond donors (Lipinski definition) is 1. The summed E-state index contributed by atoms with van der Waals surface area (Å²) in [6, 6.07) is 0.316. The molecule has 13 heavy (non-hydrogen) atoms. The van der Waals surface area contributed by atoms with Crippen LogP contribution < -0.4 is 0 Å². The van der Waals surface area contributed by atoms with Gasteiger partial charge in [-0.25, -0.2) is 0 Å². The molecule has 0 radical (unpaired) electrons. The van der Waals surface area contributed by atoms with E-state index in [0.717, 1.165) is 32.4 Å². The van der Waals surface area contributed by atoms with E-state index < -0.39 is 0 Å². The lowest BCUT2D eigenvalue weighted by Gasteiger charge is -2.28. The summed E-state index contributed by atoms with van der Waals surface area (Å²) in [5.74, 6) is 0. The highest BCUT2D eigenvalue weighted by Crippen LogP contribution is 2.23. The molecule has 0 aromatic rings. The lowest BCUT2D eigenvalue weighted by molar-refractivity contribution is 0.0846. The highest BCUT2D eigenvalue weighted by molar-refractivity contribution is 4.90. The van der Waals surface area contributed by atoms with Crippen LogP contribution in [0.2, 0.25) is 0 Å². The fourth-order valence-electron chi connectivity index (χ4n) is 2.02. The van der Waals surface area contributed by atoms with Crippen LogP contribution in [-0.2, 0) is 0 Å². The molecule has 0 bridgehead atoms. The van der Waals surface area contributed by atoms with Gasteiger partial charge in [-0.2, -0.15) is 0 Å². The van der Waals surface area contributed by atoms with E-state index in [2.05, 4.69) is 18.1 Å². The van der Waals surface area contributed by atoms with Crippen molar-refractivity contribution in [2.45, 2.75) is 31.4 Å². The van der Waals surface area contributed by atoms with Crippen molar-refractivity contribution >= 4 is 0 Å². The molecule has 1 saturated carbocycles. The van der Waals surface area contributed by atoms with Crippen LogP contribution >= 0.6 is 0 Å². The summed E-state index contributed by atoms with van der Waals surface area (Å²) in [6.07, 6.45) is 6.79. The third-order valence-corrected chi connectivity index (χ3v) is 2.64. The first-order chi connectivity index (χ1) is 6.29. The van der Waals surface area contributed by atoms with Gasteiger partial charge in [0.2, 0.25) is 0 Å². The second-order valence-electron chi connectivity index (χ2n) is 3.60. The molecular weight excluding hydrogens is 162 g/mol. The number of rotatable bonds is 5. The third kappa shape index (κ3) is 2.68. The average molecular weight is 181 g/mol. The van der Waals surface area contributed by atoms with E-state index in [4.69, 9.17) is 0 Å². The van der Waals surface area contributed by atoms with Crippen LogP contribution in [-0.4, -0.2) is 35.2 Å². The van der Waals surface area contributed by atoms with Crippen molar-refractivity contribution in [2.75, 3.05) is 13.1 Å². The molecular formula is C11H19NO. The predicted octanol–water partition coefficient (Wildman–Crippen LogP) is 1.57. The fourth-order valence-corrected chi connectivity index (χ4v) is 2.02. The molecule has 0 spiro atoms. The molecule has 2 atom stereocenters. The van der Waals surface area contributed by atoms with Gasteiger partial charge in [0.25, 0.3) is 0 Å². The van der Waals surface area contributed by atoms with E-state index in [1.807, 2.05) is 12.2 Å². The topological polar surface area (TPSA) is 23.5 Å². The maximum absolute atomic E-state index is 9.70. The van der Waals surface area contributed by atoms with Crippen LogP contribution in [0.15, 0.2) is 25.3 Å². The number of aliphatic hydroxyl groups is 1. The van der Waals surface area contributed by atoms with Crippen molar-refractivity contribution in [1.29, 1.82) is 0 Å². The molecule has 1 fully saturated rings. The Morgan fingerprint density at radius 1 is 1.23 bits per heavy atom. The van der Waals surface area contributed by atoms with Gasteiger partial charge in [-0.1, -0.05) is 12.2 Å². The van der Waals surface area contributed by atoms with Crippen LogP contribution in [0.3, 0.4) is 0 Å². The van der Waals surface area contributed by atoms with E-state index in [9.17, 15) is 5.11 Å². The molecule has 1 rings (SSSR count). The Hall–Kier alpha value is -0.600. The van der Waals surface area contributed by atoms with Crippen molar-refractivity contribution in [2.24, 2.45) is 0 Å². The lowest BCUT2D eigenvalue weighted by atomic mass is 10.2. The van der Waals surface area contributed by atoms with Crippen LogP contribution in [0.25, 0.3) is 0 Å². The van der Waals surface area contributed by atoms with Gasteiger partial charge in [-0.3, -0.25) is 4.90 Å². The molecule has 0 aliphatic heterocycles. The van der Waals surface area contributed by atoms with Gasteiger partial charge in [-0.05, 0) is 19.3 Å². The van der Waals surface area contributed by atoms with E-state index >= 15 is 0 Å². The SMILES string of the molecule is C=CCN(CC=C)C1CCCC1O. The number of aliphatic hydroxyl groups excluding tert-OH is 1. The Bertz CT molecular complexity index is 169. The standard InChI is InChI=1S/C11H19NO/c1-3-8-12(9-4-2)10-6-5-7-11(10)13/h3-4,10-11,13H,1-2,5-9H2. The van der Waals surface area contributed by atoms with Crippen molar-refractivity contribution in [3.63, 3.8) is 0 Å². The Balaban J connectivity index is 2.51. The summed E-state index contributed by atoms with van der Waals surface area (Å²) in [5, 5.41) is 9.70. The first kappa shape index (κ1) is 10.5. The monoisotopic (exact) mass is 181 g/mol. The zero-order chi connectivity index (χ0) is 9.68. The van der Waals surface area contributed by atoms with Gasteiger partial charge in [-0.15, -0.1) is 13.2 Å². The van der Waals surface area contributed by atoms with Gasteiger partial charge < -0.3 is 5.11 Å². The van der Waals surface area contributed by atoms with Crippen LogP contribution in [0, 0.1) is 0 Å². The molecule has 1 aliphatic carbocycles. The molecule has 0 heterocycles. The second kappa shape index (κ2) is 5.20. The maximum atomic E-state index is 9.70. The summed E-state index contributed by atoms with van der Waals surface area (Å²) in [6.45, 7) is 9.13. The molecule has 74 valence electrons. The second-order valence-corrected chi connectivity index (χ2v) is 3.60. The molecule has 0 saturated heterocycles. The Morgan fingerprint density at radius 3 is 2.23 bits per heavy atom. The minimum atomic E-state index is -0.153. The summed E-state index contributed by atoms with van der Waals surface area (Å²) >= 11 is 0. The Kier molecular flexibility index (Phi) is 4.19. The van der Waals surface area contributed by atoms with E-state index in [1.165, 1.54) is 0 Å². The highest BCUT2D eigenvalue weighted by Gasteiger charge is 2.29. The Labute approximate surface area is 80.6 Å². The molecule has 1 N–H and O–H groups in total. The molecule has 2 heteroatoms. The van der Waals surface area contributed by atoms with Crippen molar-refractivity contribution < 1.29 is 5.11 Å². The molecule has 0 amide bonds. The summed E-state index contributed by atoms with van der Waals surface area (Å²) in [7, 11) is 0. The predicted molar refractivity (Wildman–Crippen MR) is 55.6 cm³/mol. The number of nitrogens with zero attached hydrogens (tertiary/aromatic N) is 1. The first-order valence-corrected chi connectivity index (χ1v) is 4.93. The van der Waals surface area contributed by atoms with Crippen molar-refractivity contribution in [3.8, 4) is 0 Å². The summed E-state index contributed by atoms with van der Waals surface area (Å²) < 4.78 is 0.